The van der Waals surface area contributed by atoms with E-state index in [1.54, 1.807) is 0 Å². The fourth-order valence-corrected chi connectivity index (χ4v) is 1.39. The van der Waals surface area contributed by atoms with Gasteiger partial charge in [0.05, 0.1) is 12.0 Å². The number of aromatic nitrogens is 4. The lowest BCUT2D eigenvalue weighted by Gasteiger charge is -2.12. The molecule has 2 rings (SSSR count). The van der Waals surface area contributed by atoms with Crippen molar-refractivity contribution >= 4 is 12.2 Å². The molecular formula is C6H8F2N4S. The molecule has 1 saturated carbocycles. The average Bonchev–Trinajstić information content (AvgIpc) is 2.74. The Hall–Kier alpha value is -0.850. The van der Waals surface area contributed by atoms with Crippen molar-refractivity contribution in [3.8, 4) is 0 Å². The van der Waals surface area contributed by atoms with Crippen LogP contribution in [0, 0.1) is 10.2 Å². The zero-order valence-electron chi connectivity index (χ0n) is 6.70. The maximum absolute atomic E-state index is 12.5. The minimum atomic E-state index is -2.29. The second kappa shape index (κ2) is 2.83. The number of aromatic amines is 1. The van der Waals surface area contributed by atoms with Gasteiger partial charge in [-0.05, 0) is 25.1 Å². The summed E-state index contributed by atoms with van der Waals surface area (Å²) in [5.41, 5.74) is -0.882. The Balaban J connectivity index is 2.15. The number of halogens is 2. The van der Waals surface area contributed by atoms with E-state index in [-0.39, 0.29) is 11.3 Å². The van der Waals surface area contributed by atoms with Gasteiger partial charge in [-0.1, -0.05) is 10.3 Å². The van der Waals surface area contributed by atoms with Crippen LogP contribution in [0.3, 0.4) is 0 Å². The van der Waals surface area contributed by atoms with Gasteiger partial charge in [0, 0.05) is 0 Å². The summed E-state index contributed by atoms with van der Waals surface area (Å²) in [6.07, 6.45) is -1.20. The van der Waals surface area contributed by atoms with Gasteiger partial charge in [0.15, 0.2) is 0 Å². The summed E-state index contributed by atoms with van der Waals surface area (Å²) in [7, 11) is 0. The Bertz CT molecular complexity index is 354. The predicted octanol–water partition coefficient (Wildman–Crippen LogP) is 1.38. The quantitative estimate of drug-likeness (QED) is 0.760. The first-order valence-corrected chi connectivity index (χ1v) is 4.31. The summed E-state index contributed by atoms with van der Waals surface area (Å²) in [6.45, 7) is 0.191. The minimum Gasteiger partial charge on any atom is -0.242 e. The number of nitrogens with zero attached hydrogens (tertiary/aromatic N) is 3. The second-order valence-electron chi connectivity index (χ2n) is 3.33. The predicted molar refractivity (Wildman–Crippen MR) is 42.9 cm³/mol. The summed E-state index contributed by atoms with van der Waals surface area (Å²) in [6, 6.07) is 0. The molecule has 0 unspecified atom stereocenters. The molecule has 0 atom stereocenters. The minimum absolute atomic E-state index is 0.191. The van der Waals surface area contributed by atoms with Crippen LogP contribution in [-0.4, -0.2) is 26.6 Å². The van der Waals surface area contributed by atoms with Crippen molar-refractivity contribution in [1.29, 1.82) is 0 Å². The molecule has 1 aliphatic rings. The Labute approximate surface area is 77.9 Å². The SMILES string of the molecule is FC(F)C1(Cn2[nH]nnc2=S)CC1. The highest BCUT2D eigenvalue weighted by atomic mass is 32.1. The molecule has 0 spiro atoms. The summed E-state index contributed by atoms with van der Waals surface area (Å²) in [4.78, 5) is 0. The maximum Gasteiger partial charge on any atom is 0.245 e. The molecule has 0 saturated heterocycles. The Morgan fingerprint density at radius 1 is 1.62 bits per heavy atom. The molecule has 0 radical (unpaired) electrons. The van der Waals surface area contributed by atoms with E-state index in [1.807, 2.05) is 0 Å². The van der Waals surface area contributed by atoms with E-state index >= 15 is 0 Å². The van der Waals surface area contributed by atoms with Crippen molar-refractivity contribution in [2.45, 2.75) is 25.8 Å². The first kappa shape index (κ1) is 8.74. The molecule has 0 aliphatic heterocycles. The van der Waals surface area contributed by atoms with Crippen molar-refractivity contribution < 1.29 is 8.78 Å². The largest absolute Gasteiger partial charge is 0.245 e. The van der Waals surface area contributed by atoms with Crippen LogP contribution in [0.5, 0.6) is 0 Å². The number of tetrazole rings is 1. The Kier molecular flexibility index (Phi) is 1.90. The number of nitrogens with one attached hydrogen (secondary N) is 1. The molecular weight excluding hydrogens is 198 g/mol. The molecule has 1 heterocycles. The van der Waals surface area contributed by atoms with Gasteiger partial charge < -0.3 is 0 Å². The van der Waals surface area contributed by atoms with Crippen LogP contribution in [0.2, 0.25) is 0 Å². The number of hydrogen-bond acceptors (Lipinski definition) is 3. The van der Waals surface area contributed by atoms with Gasteiger partial charge in [0.2, 0.25) is 11.2 Å². The maximum atomic E-state index is 12.5. The second-order valence-corrected chi connectivity index (χ2v) is 3.70. The molecule has 0 aromatic carbocycles. The molecule has 0 bridgehead atoms. The summed E-state index contributed by atoms with van der Waals surface area (Å²) in [5, 5.41) is 9.42. The number of alkyl halides is 2. The van der Waals surface area contributed by atoms with Crippen LogP contribution in [0.4, 0.5) is 8.78 Å². The third kappa shape index (κ3) is 1.48. The molecule has 4 nitrogen and oxygen atoms in total. The molecule has 1 N–H and O–H groups in total. The van der Waals surface area contributed by atoms with E-state index in [1.165, 1.54) is 4.68 Å². The van der Waals surface area contributed by atoms with Gasteiger partial charge in [0.1, 0.15) is 0 Å². The van der Waals surface area contributed by atoms with Crippen molar-refractivity contribution in [1.82, 2.24) is 20.2 Å². The van der Waals surface area contributed by atoms with Crippen molar-refractivity contribution in [2.24, 2.45) is 5.41 Å². The topological polar surface area (TPSA) is 46.5 Å². The lowest BCUT2D eigenvalue weighted by atomic mass is 10.1. The standard InChI is InChI=1S/C6H8F2N4S/c7-4(8)6(1-2-6)3-12-5(13)9-10-11-12/h4H,1-3H2,(H,9,11,13). The molecule has 1 fully saturated rings. The van der Waals surface area contributed by atoms with E-state index < -0.39 is 11.8 Å². The third-order valence-electron chi connectivity index (χ3n) is 2.36. The van der Waals surface area contributed by atoms with Gasteiger partial charge >= 0.3 is 0 Å². The Morgan fingerprint density at radius 2 is 2.31 bits per heavy atom. The van der Waals surface area contributed by atoms with E-state index in [4.69, 9.17) is 12.2 Å². The van der Waals surface area contributed by atoms with E-state index in [0.717, 1.165) is 0 Å². The highest BCUT2D eigenvalue weighted by molar-refractivity contribution is 7.71. The van der Waals surface area contributed by atoms with Crippen molar-refractivity contribution in [2.75, 3.05) is 0 Å². The number of hydrogen-bond donors (Lipinski definition) is 1. The summed E-state index contributed by atoms with van der Waals surface area (Å²) >= 11 is 4.78. The molecule has 7 heteroatoms. The van der Waals surface area contributed by atoms with Crippen LogP contribution in [0.15, 0.2) is 0 Å². The smallest absolute Gasteiger partial charge is 0.242 e. The molecule has 1 aromatic rings. The summed E-state index contributed by atoms with van der Waals surface area (Å²) < 4.78 is 26.6. The van der Waals surface area contributed by atoms with Gasteiger partial charge in [-0.25, -0.2) is 13.5 Å². The van der Waals surface area contributed by atoms with E-state index in [0.29, 0.717) is 12.8 Å². The zero-order valence-corrected chi connectivity index (χ0v) is 7.52. The molecule has 13 heavy (non-hydrogen) atoms. The first-order valence-electron chi connectivity index (χ1n) is 3.90. The van der Waals surface area contributed by atoms with Gasteiger partial charge in [-0.2, -0.15) is 5.21 Å². The fraction of sp³-hybridized carbons (Fsp3) is 0.833. The molecule has 1 aromatic heterocycles. The average molecular weight is 206 g/mol. The van der Waals surface area contributed by atoms with Crippen LogP contribution < -0.4 is 0 Å². The lowest BCUT2D eigenvalue weighted by Crippen LogP contribution is -2.20. The van der Waals surface area contributed by atoms with Crippen LogP contribution in [0.25, 0.3) is 0 Å². The van der Waals surface area contributed by atoms with E-state index in [2.05, 4.69) is 15.5 Å². The first-order chi connectivity index (χ1) is 6.14. The third-order valence-corrected chi connectivity index (χ3v) is 2.66. The highest BCUT2D eigenvalue weighted by Gasteiger charge is 2.51. The van der Waals surface area contributed by atoms with Crippen LogP contribution in [0.1, 0.15) is 12.8 Å². The van der Waals surface area contributed by atoms with Crippen LogP contribution in [-0.2, 0) is 6.54 Å². The number of rotatable bonds is 3. The van der Waals surface area contributed by atoms with Crippen LogP contribution >= 0.6 is 12.2 Å². The normalized spacial score (nSPS) is 19.3. The highest BCUT2D eigenvalue weighted by Crippen LogP contribution is 2.51. The summed E-state index contributed by atoms with van der Waals surface area (Å²) in [5.74, 6) is 0. The fourth-order valence-electron chi connectivity index (χ4n) is 1.24. The van der Waals surface area contributed by atoms with Gasteiger partial charge in [-0.15, -0.1) is 0 Å². The molecule has 1 aliphatic carbocycles. The monoisotopic (exact) mass is 206 g/mol. The molecule has 72 valence electrons. The molecule has 0 amide bonds. The zero-order chi connectivity index (χ0) is 9.47. The van der Waals surface area contributed by atoms with E-state index in [9.17, 15) is 8.78 Å². The lowest BCUT2D eigenvalue weighted by molar-refractivity contribution is 0.0485. The van der Waals surface area contributed by atoms with Gasteiger partial charge in [-0.3, -0.25) is 0 Å². The van der Waals surface area contributed by atoms with Crippen molar-refractivity contribution in [3.05, 3.63) is 4.77 Å². The van der Waals surface area contributed by atoms with Crippen molar-refractivity contribution in [3.63, 3.8) is 0 Å². The number of H-pyrrole nitrogens is 1. The van der Waals surface area contributed by atoms with Gasteiger partial charge in [0.25, 0.3) is 0 Å². The Morgan fingerprint density at radius 3 is 2.69 bits per heavy atom.